The standard InChI is InChI=1S/C24H30BF3N2O4/c1-21(2,3)14-32-18-12-15(8-9-17(18)25-33-22(4,5)23(6,7)34-25)20(31)30-19-13-16(10-11-29-19)24(26,27)28/h8-13H,14H2,1-7H3,(H,29,30,31). The molecule has 184 valence electrons. The van der Waals surface area contributed by atoms with Crippen LogP contribution in [0.4, 0.5) is 19.0 Å². The van der Waals surface area contributed by atoms with E-state index in [1.54, 1.807) is 12.1 Å². The van der Waals surface area contributed by atoms with E-state index in [0.717, 1.165) is 18.3 Å². The summed E-state index contributed by atoms with van der Waals surface area (Å²) in [5, 5.41) is 2.42. The first-order chi connectivity index (χ1) is 15.5. The molecule has 10 heteroatoms. The van der Waals surface area contributed by atoms with E-state index in [4.69, 9.17) is 14.0 Å². The zero-order valence-electron chi connectivity index (χ0n) is 20.5. The Morgan fingerprint density at radius 2 is 1.68 bits per heavy atom. The van der Waals surface area contributed by atoms with Crippen LogP contribution in [0.1, 0.15) is 64.4 Å². The van der Waals surface area contributed by atoms with E-state index in [-0.39, 0.29) is 16.8 Å². The lowest BCUT2D eigenvalue weighted by molar-refractivity contribution is -0.137. The van der Waals surface area contributed by atoms with Crippen LogP contribution in [0, 0.1) is 5.41 Å². The van der Waals surface area contributed by atoms with Crippen LogP contribution in [-0.2, 0) is 15.5 Å². The Balaban J connectivity index is 1.90. The molecule has 1 saturated heterocycles. The Hall–Kier alpha value is -2.59. The summed E-state index contributed by atoms with van der Waals surface area (Å²) in [6.45, 7) is 14.1. The second-order valence-corrected chi connectivity index (χ2v) is 10.6. The summed E-state index contributed by atoms with van der Waals surface area (Å²) >= 11 is 0. The van der Waals surface area contributed by atoms with Crippen LogP contribution in [-0.4, -0.2) is 35.8 Å². The van der Waals surface area contributed by atoms with Gasteiger partial charge in [0.15, 0.2) is 0 Å². The van der Waals surface area contributed by atoms with E-state index < -0.39 is 36.0 Å². The van der Waals surface area contributed by atoms with Gasteiger partial charge in [-0.3, -0.25) is 4.79 Å². The van der Waals surface area contributed by atoms with Crippen molar-refractivity contribution in [2.24, 2.45) is 5.41 Å². The largest absolute Gasteiger partial charge is 0.498 e. The number of halogens is 3. The average molecular weight is 478 g/mol. The minimum absolute atomic E-state index is 0.159. The van der Waals surface area contributed by atoms with Crippen molar-refractivity contribution in [3.05, 3.63) is 47.7 Å². The molecule has 1 aliphatic rings. The smallest absolute Gasteiger partial charge is 0.493 e. The van der Waals surface area contributed by atoms with E-state index in [1.165, 1.54) is 6.07 Å². The lowest BCUT2D eigenvalue weighted by atomic mass is 9.78. The number of hydrogen-bond donors (Lipinski definition) is 1. The summed E-state index contributed by atoms with van der Waals surface area (Å²) in [6.07, 6.45) is -3.54. The lowest BCUT2D eigenvalue weighted by Gasteiger charge is -2.32. The van der Waals surface area contributed by atoms with E-state index in [1.807, 2.05) is 48.5 Å². The van der Waals surface area contributed by atoms with Crippen molar-refractivity contribution < 1.29 is 32.0 Å². The molecule has 1 amide bonds. The van der Waals surface area contributed by atoms with E-state index >= 15 is 0 Å². The predicted octanol–water partition coefficient (Wildman–Crippen LogP) is 5.08. The van der Waals surface area contributed by atoms with Gasteiger partial charge in [-0.05, 0) is 57.4 Å². The van der Waals surface area contributed by atoms with Crippen LogP contribution in [0.3, 0.4) is 0 Å². The number of amides is 1. The first-order valence-electron chi connectivity index (χ1n) is 11.0. The van der Waals surface area contributed by atoms with Gasteiger partial charge < -0.3 is 19.4 Å². The van der Waals surface area contributed by atoms with Crippen molar-refractivity contribution in [2.75, 3.05) is 11.9 Å². The van der Waals surface area contributed by atoms with Gasteiger partial charge in [0.25, 0.3) is 5.91 Å². The molecule has 0 radical (unpaired) electrons. The Bertz CT molecular complexity index is 1050. The van der Waals surface area contributed by atoms with Crippen LogP contribution in [0.2, 0.25) is 0 Å². The van der Waals surface area contributed by atoms with Gasteiger partial charge >= 0.3 is 13.3 Å². The number of nitrogens with one attached hydrogen (secondary N) is 1. The van der Waals surface area contributed by atoms with Gasteiger partial charge in [-0.15, -0.1) is 0 Å². The molecule has 34 heavy (non-hydrogen) atoms. The number of benzene rings is 1. The SMILES string of the molecule is CC(C)(C)COc1cc(C(=O)Nc2cc(C(F)(F)F)ccn2)ccc1B1OC(C)(C)C(C)(C)O1. The molecule has 0 spiro atoms. The highest BCUT2D eigenvalue weighted by atomic mass is 19.4. The molecule has 3 rings (SSSR count). The van der Waals surface area contributed by atoms with Gasteiger partial charge in [-0.25, -0.2) is 4.98 Å². The van der Waals surface area contributed by atoms with Crippen LogP contribution in [0.15, 0.2) is 36.5 Å². The molecule has 0 atom stereocenters. The number of aromatic nitrogens is 1. The van der Waals surface area contributed by atoms with Crippen LogP contribution in [0.25, 0.3) is 0 Å². The van der Waals surface area contributed by atoms with Gasteiger partial charge in [-0.2, -0.15) is 13.2 Å². The van der Waals surface area contributed by atoms with E-state index in [2.05, 4.69) is 10.3 Å². The summed E-state index contributed by atoms with van der Waals surface area (Å²) in [6, 6.07) is 6.39. The summed E-state index contributed by atoms with van der Waals surface area (Å²) in [4.78, 5) is 16.6. The molecule has 1 N–H and O–H groups in total. The maximum absolute atomic E-state index is 13.0. The molecular weight excluding hydrogens is 448 g/mol. The van der Waals surface area contributed by atoms with Crippen LogP contribution in [0.5, 0.6) is 5.75 Å². The number of rotatable bonds is 5. The van der Waals surface area contributed by atoms with Gasteiger partial charge in [-0.1, -0.05) is 26.8 Å². The molecule has 0 bridgehead atoms. The lowest BCUT2D eigenvalue weighted by Crippen LogP contribution is -2.41. The third-order valence-electron chi connectivity index (χ3n) is 5.77. The summed E-state index contributed by atoms with van der Waals surface area (Å²) in [5.41, 5.74) is -1.37. The minimum Gasteiger partial charge on any atom is -0.493 e. The second kappa shape index (κ2) is 8.89. The molecule has 1 aromatic heterocycles. The Morgan fingerprint density at radius 3 is 2.24 bits per heavy atom. The fourth-order valence-corrected chi connectivity index (χ4v) is 3.12. The number of hydrogen-bond acceptors (Lipinski definition) is 5. The highest BCUT2D eigenvalue weighted by molar-refractivity contribution is 6.63. The maximum Gasteiger partial charge on any atom is 0.498 e. The minimum atomic E-state index is -4.54. The highest BCUT2D eigenvalue weighted by Gasteiger charge is 2.52. The molecule has 0 unspecified atom stereocenters. The topological polar surface area (TPSA) is 69.7 Å². The summed E-state index contributed by atoms with van der Waals surface area (Å²) < 4.78 is 57.3. The fraction of sp³-hybridized carbons (Fsp3) is 0.500. The maximum atomic E-state index is 13.0. The van der Waals surface area contributed by atoms with Crippen molar-refractivity contribution in [1.29, 1.82) is 0 Å². The molecule has 1 fully saturated rings. The Kier molecular flexibility index (Phi) is 6.80. The van der Waals surface area contributed by atoms with Crippen molar-refractivity contribution in [2.45, 2.75) is 65.8 Å². The molecule has 1 aromatic carbocycles. The van der Waals surface area contributed by atoms with Crippen molar-refractivity contribution >= 4 is 24.3 Å². The third kappa shape index (κ3) is 5.91. The zero-order chi connectivity index (χ0) is 25.5. The van der Waals surface area contributed by atoms with Crippen LogP contribution >= 0.6 is 0 Å². The average Bonchev–Trinajstić information content (AvgIpc) is 2.92. The zero-order valence-corrected chi connectivity index (χ0v) is 20.5. The van der Waals surface area contributed by atoms with E-state index in [0.29, 0.717) is 17.8 Å². The van der Waals surface area contributed by atoms with Crippen molar-refractivity contribution in [1.82, 2.24) is 4.98 Å². The first-order valence-corrected chi connectivity index (χ1v) is 11.0. The number of carbonyl (C=O) groups is 1. The summed E-state index contributed by atoms with van der Waals surface area (Å²) in [7, 11) is -0.706. The number of nitrogens with zero attached hydrogens (tertiary/aromatic N) is 1. The molecule has 1 aliphatic heterocycles. The monoisotopic (exact) mass is 478 g/mol. The van der Waals surface area contributed by atoms with Gasteiger partial charge in [0.2, 0.25) is 0 Å². The number of alkyl halides is 3. The summed E-state index contributed by atoms with van der Waals surface area (Å²) in [5.74, 6) is -0.419. The van der Waals surface area contributed by atoms with E-state index in [9.17, 15) is 18.0 Å². The molecule has 6 nitrogen and oxygen atoms in total. The second-order valence-electron chi connectivity index (χ2n) is 10.6. The van der Waals surface area contributed by atoms with Gasteiger partial charge in [0, 0.05) is 17.2 Å². The Labute approximate surface area is 198 Å². The van der Waals surface area contributed by atoms with Gasteiger partial charge in [0.1, 0.15) is 11.6 Å². The normalized spacial score (nSPS) is 17.5. The number of anilines is 1. The molecule has 2 heterocycles. The molecule has 2 aromatic rings. The molecule has 0 aliphatic carbocycles. The van der Waals surface area contributed by atoms with Gasteiger partial charge in [0.05, 0.1) is 23.4 Å². The van der Waals surface area contributed by atoms with Crippen molar-refractivity contribution in [3.8, 4) is 5.75 Å². The highest BCUT2D eigenvalue weighted by Crippen LogP contribution is 2.37. The first kappa shape index (κ1) is 26.0. The molecule has 0 saturated carbocycles. The number of carbonyl (C=O) groups excluding carboxylic acids is 1. The quantitative estimate of drug-likeness (QED) is 0.608. The Morgan fingerprint density at radius 1 is 1.06 bits per heavy atom. The third-order valence-corrected chi connectivity index (χ3v) is 5.77. The number of ether oxygens (including phenoxy) is 1. The fourth-order valence-electron chi connectivity index (χ4n) is 3.12. The van der Waals surface area contributed by atoms with Crippen LogP contribution < -0.4 is 15.5 Å². The molecular formula is C24H30BF3N2O4. The predicted molar refractivity (Wildman–Crippen MR) is 124 cm³/mol. The number of pyridine rings is 1. The van der Waals surface area contributed by atoms with Crippen molar-refractivity contribution in [3.63, 3.8) is 0 Å².